The fraction of sp³-hybridized carbons (Fsp3) is 0.833. The van der Waals surface area contributed by atoms with Gasteiger partial charge in [0.15, 0.2) is 0 Å². The number of likely N-dealkylation sites (tertiary alicyclic amines) is 1. The van der Waals surface area contributed by atoms with Crippen molar-refractivity contribution in [2.45, 2.75) is 89.0 Å². The molecule has 2 unspecified atom stereocenters. The molecule has 3 fully saturated rings. The third-order valence-electron chi connectivity index (χ3n) is 7.44. The summed E-state index contributed by atoms with van der Waals surface area (Å²) < 4.78 is 27.2. The summed E-state index contributed by atoms with van der Waals surface area (Å²) in [6, 6.07) is 2.60. The second-order valence-electron chi connectivity index (χ2n) is 10.2. The maximum Gasteiger partial charge on any atom is 0.224 e. The number of hydrogen-bond acceptors (Lipinski definition) is 7. The molecule has 1 aromatic rings. The molecule has 1 N–H and O–H groups in total. The number of rotatable bonds is 6. The molecule has 4 rings (SSSR count). The number of piperidine rings is 1. The van der Waals surface area contributed by atoms with E-state index in [0.29, 0.717) is 19.1 Å². The Hall–Kier alpha value is -1.45. The van der Waals surface area contributed by atoms with Crippen LogP contribution in [0.15, 0.2) is 12.3 Å². The van der Waals surface area contributed by atoms with Gasteiger partial charge in [-0.3, -0.25) is 4.90 Å². The molecule has 0 radical (unpaired) electrons. The molecule has 0 bridgehead atoms. The molecule has 0 amide bonds. The van der Waals surface area contributed by atoms with Crippen molar-refractivity contribution in [3.05, 3.63) is 12.3 Å². The summed E-state index contributed by atoms with van der Waals surface area (Å²) in [7, 11) is -3.19. The highest BCUT2D eigenvalue weighted by molar-refractivity contribution is 7.89. The quantitative estimate of drug-likeness (QED) is 0.672. The van der Waals surface area contributed by atoms with Crippen LogP contribution >= 0.6 is 0 Å². The van der Waals surface area contributed by atoms with Crippen molar-refractivity contribution in [2.24, 2.45) is 0 Å². The second kappa shape index (κ2) is 11.3. The van der Waals surface area contributed by atoms with Gasteiger partial charge in [0.2, 0.25) is 16.0 Å². The molecule has 3 aliphatic heterocycles. The van der Waals surface area contributed by atoms with Crippen molar-refractivity contribution in [1.82, 2.24) is 19.2 Å². The summed E-state index contributed by atoms with van der Waals surface area (Å²) in [4.78, 5) is 14.3. The molecule has 0 aliphatic carbocycles. The first-order valence-corrected chi connectivity index (χ1v) is 14.5. The Morgan fingerprint density at radius 3 is 2.45 bits per heavy atom. The van der Waals surface area contributed by atoms with E-state index in [9.17, 15) is 8.42 Å². The van der Waals surface area contributed by atoms with E-state index in [1.165, 1.54) is 32.1 Å². The molecule has 3 aliphatic rings. The molecule has 33 heavy (non-hydrogen) atoms. The van der Waals surface area contributed by atoms with Crippen molar-refractivity contribution in [1.29, 1.82) is 0 Å². The van der Waals surface area contributed by atoms with Gasteiger partial charge in [0.05, 0.1) is 5.25 Å². The van der Waals surface area contributed by atoms with Crippen LogP contribution in [0.25, 0.3) is 0 Å². The van der Waals surface area contributed by atoms with Gasteiger partial charge >= 0.3 is 0 Å². The molecule has 186 valence electrons. The number of nitrogens with one attached hydrogen (secondary N) is 1. The monoisotopic (exact) mass is 478 g/mol. The largest absolute Gasteiger partial charge is 0.356 e. The van der Waals surface area contributed by atoms with Gasteiger partial charge in [-0.2, -0.15) is 4.98 Å². The van der Waals surface area contributed by atoms with Crippen LogP contribution < -0.4 is 10.2 Å². The molecule has 2 atom stereocenters. The van der Waals surface area contributed by atoms with Gasteiger partial charge in [-0.15, -0.1) is 0 Å². The number of anilines is 2. The van der Waals surface area contributed by atoms with Gasteiger partial charge in [0.1, 0.15) is 5.82 Å². The van der Waals surface area contributed by atoms with E-state index in [2.05, 4.69) is 20.1 Å². The number of aromatic nitrogens is 2. The first kappa shape index (κ1) is 24.7. The number of sulfonamides is 1. The van der Waals surface area contributed by atoms with E-state index in [4.69, 9.17) is 4.98 Å². The summed E-state index contributed by atoms with van der Waals surface area (Å²) >= 11 is 0. The van der Waals surface area contributed by atoms with Gasteiger partial charge in [-0.25, -0.2) is 17.7 Å². The fourth-order valence-corrected chi connectivity index (χ4v) is 6.81. The Morgan fingerprint density at radius 2 is 1.70 bits per heavy atom. The lowest BCUT2D eigenvalue weighted by Crippen LogP contribution is -2.52. The Balaban J connectivity index is 1.40. The maximum absolute atomic E-state index is 12.7. The predicted octanol–water partition coefficient (Wildman–Crippen LogP) is 3.33. The maximum atomic E-state index is 12.7. The molecule has 0 saturated carbocycles. The Bertz CT molecular complexity index is 856. The van der Waals surface area contributed by atoms with Crippen LogP contribution in [-0.4, -0.2) is 84.2 Å². The lowest BCUT2D eigenvalue weighted by atomic mass is 10.1. The third kappa shape index (κ3) is 6.36. The number of hydrogen-bond donors (Lipinski definition) is 1. The van der Waals surface area contributed by atoms with Crippen molar-refractivity contribution >= 4 is 21.8 Å². The smallest absolute Gasteiger partial charge is 0.224 e. The highest BCUT2D eigenvalue weighted by Crippen LogP contribution is 2.25. The first-order valence-electron chi connectivity index (χ1n) is 13.0. The lowest BCUT2D eigenvalue weighted by molar-refractivity contribution is 0.136. The van der Waals surface area contributed by atoms with Crippen LogP contribution in [0.2, 0.25) is 0 Å². The minimum Gasteiger partial charge on any atom is -0.356 e. The van der Waals surface area contributed by atoms with Gasteiger partial charge in [0.25, 0.3) is 0 Å². The van der Waals surface area contributed by atoms with Crippen LogP contribution in [0, 0.1) is 0 Å². The van der Waals surface area contributed by atoms with Crippen molar-refractivity contribution in [3.8, 4) is 0 Å². The van der Waals surface area contributed by atoms with Crippen molar-refractivity contribution < 1.29 is 8.42 Å². The van der Waals surface area contributed by atoms with Crippen LogP contribution in [0.1, 0.15) is 71.6 Å². The van der Waals surface area contributed by atoms with E-state index in [1.807, 2.05) is 12.3 Å². The van der Waals surface area contributed by atoms with E-state index >= 15 is 0 Å². The molecule has 0 spiro atoms. The Labute approximate surface area is 200 Å². The van der Waals surface area contributed by atoms with Gasteiger partial charge < -0.3 is 10.2 Å². The topological polar surface area (TPSA) is 81.7 Å². The number of nitrogens with zero attached hydrogens (tertiary/aromatic N) is 5. The van der Waals surface area contributed by atoms with Crippen molar-refractivity contribution in [3.63, 3.8) is 0 Å². The molecule has 4 heterocycles. The molecular weight excluding hydrogens is 436 g/mol. The third-order valence-corrected chi connectivity index (χ3v) is 9.68. The fourth-order valence-electron chi connectivity index (χ4n) is 5.45. The summed E-state index contributed by atoms with van der Waals surface area (Å²) in [5, 5.41) is 3.26. The Morgan fingerprint density at radius 1 is 0.939 bits per heavy atom. The average molecular weight is 479 g/mol. The second-order valence-corrected chi connectivity index (χ2v) is 12.7. The van der Waals surface area contributed by atoms with Crippen LogP contribution in [0.5, 0.6) is 0 Å². The van der Waals surface area contributed by atoms with Crippen LogP contribution in [0.4, 0.5) is 11.8 Å². The van der Waals surface area contributed by atoms with Gasteiger partial charge in [0, 0.05) is 51.0 Å². The standard InChI is InChI=1S/C24H42N6O2S/c1-20(2)33(31,32)30-17-9-11-22(19-30)29-16-8-5-10-21(18-29)26-24-25-13-12-23(27-24)28-14-6-3-4-7-15-28/h12-13,20-22H,3-11,14-19H2,1-2H3,(H,25,26,27). The lowest BCUT2D eigenvalue weighted by Gasteiger charge is -2.40. The van der Waals surface area contributed by atoms with Gasteiger partial charge in [-0.05, 0) is 65.0 Å². The SMILES string of the molecule is CC(C)S(=O)(=O)N1CCCC(N2CCCCC(Nc3nccc(N4CCCCCC4)n3)C2)C1. The minimum absolute atomic E-state index is 0.281. The molecule has 8 nitrogen and oxygen atoms in total. The molecular formula is C24H42N6O2S. The summed E-state index contributed by atoms with van der Waals surface area (Å²) in [5.41, 5.74) is 0. The van der Waals surface area contributed by atoms with E-state index in [0.717, 1.165) is 63.6 Å². The zero-order valence-corrected chi connectivity index (χ0v) is 21.3. The molecule has 1 aromatic heterocycles. The first-order chi connectivity index (χ1) is 15.9. The molecule has 9 heteroatoms. The van der Waals surface area contributed by atoms with E-state index < -0.39 is 10.0 Å². The predicted molar refractivity (Wildman–Crippen MR) is 134 cm³/mol. The summed E-state index contributed by atoms with van der Waals surface area (Å²) in [6.45, 7) is 8.94. The highest BCUT2D eigenvalue weighted by atomic mass is 32.2. The zero-order chi connectivity index (χ0) is 23.3. The van der Waals surface area contributed by atoms with Crippen molar-refractivity contribution in [2.75, 3.05) is 49.5 Å². The van der Waals surface area contributed by atoms with Gasteiger partial charge in [-0.1, -0.05) is 19.3 Å². The summed E-state index contributed by atoms with van der Waals surface area (Å²) in [6.07, 6.45) is 12.4. The van der Waals surface area contributed by atoms with Crippen LogP contribution in [0.3, 0.4) is 0 Å². The molecule has 0 aromatic carbocycles. The average Bonchev–Trinajstić information content (AvgIpc) is 3.23. The summed E-state index contributed by atoms with van der Waals surface area (Å²) in [5.74, 6) is 1.75. The highest BCUT2D eigenvalue weighted by Gasteiger charge is 2.34. The van der Waals surface area contributed by atoms with Crippen LogP contribution in [-0.2, 0) is 10.0 Å². The minimum atomic E-state index is -3.19. The zero-order valence-electron chi connectivity index (χ0n) is 20.5. The van der Waals surface area contributed by atoms with E-state index in [-0.39, 0.29) is 11.3 Å². The van der Waals surface area contributed by atoms with E-state index in [1.54, 1.807) is 18.2 Å². The Kier molecular flexibility index (Phi) is 8.46. The normalized spacial score (nSPS) is 26.7. The molecule has 3 saturated heterocycles.